The first-order chi connectivity index (χ1) is 13.7. The lowest BCUT2D eigenvalue weighted by molar-refractivity contribution is -0.385. The SMILES string of the molecule is Cc1c(NC(=O)c2c(C(=O)[O-])cccc2[N+](=O)[O-])c(=O)n(-c2ccccc2)n1C. The van der Waals surface area contributed by atoms with Crippen LogP contribution in [0, 0.1) is 17.0 Å². The number of carbonyl (C=O) groups is 2. The van der Waals surface area contributed by atoms with Crippen molar-refractivity contribution in [1.82, 2.24) is 9.36 Å². The van der Waals surface area contributed by atoms with E-state index in [1.165, 1.54) is 9.36 Å². The number of carboxylic acid groups (broad SMARTS) is 1. The summed E-state index contributed by atoms with van der Waals surface area (Å²) in [4.78, 5) is 47.4. The van der Waals surface area contributed by atoms with Crippen LogP contribution in [-0.4, -0.2) is 26.2 Å². The summed E-state index contributed by atoms with van der Waals surface area (Å²) in [7, 11) is 1.61. The Morgan fingerprint density at radius 2 is 1.72 bits per heavy atom. The van der Waals surface area contributed by atoms with E-state index in [4.69, 9.17) is 0 Å². The molecule has 0 aliphatic rings. The third kappa shape index (κ3) is 3.38. The highest BCUT2D eigenvalue weighted by molar-refractivity contribution is 6.13. The number of nitro groups is 1. The van der Waals surface area contributed by atoms with Crippen molar-refractivity contribution >= 4 is 23.3 Å². The third-order valence-electron chi connectivity index (χ3n) is 4.48. The van der Waals surface area contributed by atoms with Gasteiger partial charge >= 0.3 is 0 Å². The van der Waals surface area contributed by atoms with Gasteiger partial charge in [-0.15, -0.1) is 0 Å². The number of nitro benzene ring substituents is 1. The molecule has 148 valence electrons. The van der Waals surface area contributed by atoms with Crippen LogP contribution in [0.3, 0.4) is 0 Å². The van der Waals surface area contributed by atoms with Crippen molar-refractivity contribution in [3.8, 4) is 5.69 Å². The number of carboxylic acids is 1. The molecule has 0 radical (unpaired) electrons. The highest BCUT2D eigenvalue weighted by atomic mass is 16.6. The first-order valence-electron chi connectivity index (χ1n) is 8.38. The molecule has 1 amide bonds. The summed E-state index contributed by atoms with van der Waals surface area (Å²) in [6, 6.07) is 11.8. The number of carbonyl (C=O) groups excluding carboxylic acids is 2. The smallest absolute Gasteiger partial charge is 0.295 e. The Morgan fingerprint density at radius 1 is 1.07 bits per heavy atom. The topological polar surface area (TPSA) is 139 Å². The largest absolute Gasteiger partial charge is 0.545 e. The monoisotopic (exact) mass is 395 g/mol. The van der Waals surface area contributed by atoms with E-state index in [0.29, 0.717) is 11.4 Å². The maximum atomic E-state index is 12.9. The minimum absolute atomic E-state index is 0.121. The van der Waals surface area contributed by atoms with Crippen molar-refractivity contribution in [2.45, 2.75) is 6.92 Å². The molecule has 1 N–H and O–H groups in total. The van der Waals surface area contributed by atoms with Crippen molar-refractivity contribution in [2.24, 2.45) is 7.05 Å². The minimum atomic E-state index is -1.75. The molecule has 2 aromatic carbocycles. The van der Waals surface area contributed by atoms with E-state index >= 15 is 0 Å². The van der Waals surface area contributed by atoms with Crippen molar-refractivity contribution in [2.75, 3.05) is 5.32 Å². The van der Waals surface area contributed by atoms with Crippen LogP contribution in [0.25, 0.3) is 5.69 Å². The normalized spacial score (nSPS) is 10.6. The molecule has 0 saturated heterocycles. The number of aromatic carboxylic acids is 1. The molecule has 10 heteroatoms. The molecule has 0 fully saturated rings. The molecule has 0 aliphatic heterocycles. The number of anilines is 1. The summed E-state index contributed by atoms with van der Waals surface area (Å²) in [5.41, 5.74) is -1.81. The van der Waals surface area contributed by atoms with Gasteiger partial charge in [0.2, 0.25) is 0 Å². The summed E-state index contributed by atoms with van der Waals surface area (Å²) in [5, 5.41) is 24.9. The fourth-order valence-electron chi connectivity index (χ4n) is 2.99. The van der Waals surface area contributed by atoms with Crippen LogP contribution < -0.4 is 16.0 Å². The third-order valence-corrected chi connectivity index (χ3v) is 4.48. The summed E-state index contributed by atoms with van der Waals surface area (Å²) in [6.45, 7) is 1.58. The molecule has 1 heterocycles. The minimum Gasteiger partial charge on any atom is -0.545 e. The fourth-order valence-corrected chi connectivity index (χ4v) is 2.99. The fraction of sp³-hybridized carbons (Fsp3) is 0.105. The van der Waals surface area contributed by atoms with Gasteiger partial charge in [-0.3, -0.25) is 24.4 Å². The maximum absolute atomic E-state index is 12.9. The summed E-state index contributed by atoms with van der Waals surface area (Å²) >= 11 is 0. The molecular formula is C19H15N4O6-. The molecule has 0 saturated carbocycles. The van der Waals surface area contributed by atoms with Gasteiger partial charge in [0, 0.05) is 18.7 Å². The van der Waals surface area contributed by atoms with Crippen molar-refractivity contribution in [3.05, 3.63) is 85.8 Å². The van der Waals surface area contributed by atoms with Crippen LogP contribution in [0.5, 0.6) is 0 Å². The zero-order chi connectivity index (χ0) is 21.3. The number of amides is 1. The van der Waals surface area contributed by atoms with Crippen molar-refractivity contribution < 1.29 is 19.6 Å². The van der Waals surface area contributed by atoms with E-state index in [9.17, 15) is 29.6 Å². The molecule has 0 bridgehead atoms. The molecule has 0 spiro atoms. The first-order valence-corrected chi connectivity index (χ1v) is 8.38. The second-order valence-corrected chi connectivity index (χ2v) is 6.13. The number of nitrogens with zero attached hydrogens (tertiary/aromatic N) is 3. The lowest BCUT2D eigenvalue weighted by Gasteiger charge is -2.10. The molecular weight excluding hydrogens is 380 g/mol. The Morgan fingerprint density at radius 3 is 2.31 bits per heavy atom. The number of aromatic nitrogens is 2. The van der Waals surface area contributed by atoms with Gasteiger partial charge in [0.25, 0.3) is 17.2 Å². The average Bonchev–Trinajstić information content (AvgIpc) is 2.91. The Bertz CT molecular complexity index is 1160. The molecule has 1 aromatic heterocycles. The van der Waals surface area contributed by atoms with Crippen molar-refractivity contribution in [1.29, 1.82) is 0 Å². The zero-order valence-corrected chi connectivity index (χ0v) is 15.4. The molecule has 0 aliphatic carbocycles. The van der Waals surface area contributed by atoms with Crippen LogP contribution in [0.15, 0.2) is 53.3 Å². The van der Waals surface area contributed by atoms with E-state index < -0.39 is 39.2 Å². The predicted molar refractivity (Wildman–Crippen MR) is 101 cm³/mol. The van der Waals surface area contributed by atoms with Crippen LogP contribution in [0.1, 0.15) is 26.4 Å². The standard InChI is InChI=1S/C19H16N4O6/c1-11-16(18(25)22(21(11)2)12-7-4-3-5-8-12)20-17(24)15-13(19(26)27)9-6-10-14(15)23(28)29/h3-10H,1-2H3,(H,20,24)(H,26,27)/p-1. The first kappa shape index (κ1) is 19.5. The highest BCUT2D eigenvalue weighted by Crippen LogP contribution is 2.24. The van der Waals surface area contributed by atoms with Crippen LogP contribution in [0.2, 0.25) is 0 Å². The van der Waals surface area contributed by atoms with E-state index in [1.54, 1.807) is 44.3 Å². The maximum Gasteiger partial charge on any atom is 0.295 e. The van der Waals surface area contributed by atoms with Gasteiger partial charge in [0.1, 0.15) is 11.3 Å². The Hall–Kier alpha value is -4.21. The Labute approximate surface area is 163 Å². The molecule has 10 nitrogen and oxygen atoms in total. The highest BCUT2D eigenvalue weighted by Gasteiger charge is 2.27. The molecule has 29 heavy (non-hydrogen) atoms. The molecule has 3 aromatic rings. The second kappa shape index (κ2) is 7.43. The molecule has 0 unspecified atom stereocenters. The van der Waals surface area contributed by atoms with Crippen LogP contribution >= 0.6 is 0 Å². The number of benzene rings is 2. The van der Waals surface area contributed by atoms with Crippen LogP contribution in [0.4, 0.5) is 11.4 Å². The van der Waals surface area contributed by atoms with E-state index in [-0.39, 0.29) is 5.69 Å². The number of hydrogen-bond acceptors (Lipinski definition) is 6. The zero-order valence-electron chi connectivity index (χ0n) is 15.4. The van der Waals surface area contributed by atoms with Crippen LogP contribution in [-0.2, 0) is 7.05 Å². The summed E-state index contributed by atoms with van der Waals surface area (Å²) < 4.78 is 2.82. The summed E-state index contributed by atoms with van der Waals surface area (Å²) in [5.74, 6) is -2.84. The number of nitrogens with one attached hydrogen (secondary N) is 1. The Balaban J connectivity index is 2.12. The van der Waals surface area contributed by atoms with Gasteiger partial charge in [0.05, 0.1) is 22.3 Å². The van der Waals surface area contributed by atoms with E-state index in [2.05, 4.69) is 5.32 Å². The van der Waals surface area contributed by atoms with Gasteiger partial charge in [0.15, 0.2) is 0 Å². The van der Waals surface area contributed by atoms with Gasteiger partial charge in [-0.1, -0.05) is 30.3 Å². The lowest BCUT2D eigenvalue weighted by atomic mass is 10.0. The number of hydrogen-bond donors (Lipinski definition) is 1. The Kier molecular flexibility index (Phi) is 5.01. The quantitative estimate of drug-likeness (QED) is 0.505. The average molecular weight is 395 g/mol. The number of rotatable bonds is 5. The number of para-hydroxylation sites is 1. The van der Waals surface area contributed by atoms with Gasteiger partial charge < -0.3 is 15.2 Å². The lowest BCUT2D eigenvalue weighted by Crippen LogP contribution is -2.28. The van der Waals surface area contributed by atoms with Gasteiger partial charge in [-0.25, -0.2) is 4.68 Å². The second-order valence-electron chi connectivity index (χ2n) is 6.13. The predicted octanol–water partition coefficient (Wildman–Crippen LogP) is 1.01. The molecule has 3 rings (SSSR count). The van der Waals surface area contributed by atoms with Gasteiger partial charge in [-0.2, -0.15) is 0 Å². The van der Waals surface area contributed by atoms with Crippen molar-refractivity contribution in [3.63, 3.8) is 0 Å². The summed E-state index contributed by atoms with van der Waals surface area (Å²) in [6.07, 6.45) is 0. The van der Waals surface area contributed by atoms with E-state index in [1.807, 2.05) is 0 Å². The van der Waals surface area contributed by atoms with E-state index in [0.717, 1.165) is 18.2 Å². The van der Waals surface area contributed by atoms with Gasteiger partial charge in [-0.05, 0) is 19.1 Å². The molecule has 0 atom stereocenters.